The second kappa shape index (κ2) is 5.38. The van der Waals surface area contributed by atoms with Crippen molar-refractivity contribution in [1.82, 2.24) is 10.2 Å². The van der Waals surface area contributed by atoms with Gasteiger partial charge in [0, 0.05) is 30.6 Å². The van der Waals surface area contributed by atoms with E-state index in [4.69, 9.17) is 0 Å². The molecule has 0 radical (unpaired) electrons. The Hall–Kier alpha value is 0.270. The van der Waals surface area contributed by atoms with Crippen LogP contribution < -0.4 is 5.32 Å². The molecule has 0 aromatic heterocycles. The molecule has 0 saturated carbocycles. The molecular weight excluding hydrogens is 192 g/mol. The van der Waals surface area contributed by atoms with Gasteiger partial charge in [0.1, 0.15) is 0 Å². The van der Waals surface area contributed by atoms with E-state index in [0.29, 0.717) is 0 Å². The Labute approximate surface area is 91.8 Å². The SMILES string of the molecule is CC1CSCCN1CC1CCNCC1. The predicted octanol–water partition coefficient (Wildman–Crippen LogP) is 1.42. The number of hydrogen-bond acceptors (Lipinski definition) is 3. The van der Waals surface area contributed by atoms with Crippen molar-refractivity contribution in [1.29, 1.82) is 0 Å². The van der Waals surface area contributed by atoms with Gasteiger partial charge in [-0.15, -0.1) is 0 Å². The van der Waals surface area contributed by atoms with E-state index in [1.54, 1.807) is 0 Å². The summed E-state index contributed by atoms with van der Waals surface area (Å²) in [4.78, 5) is 2.70. The minimum absolute atomic E-state index is 0.809. The van der Waals surface area contributed by atoms with Gasteiger partial charge in [-0.3, -0.25) is 4.90 Å². The molecule has 0 amide bonds. The van der Waals surface area contributed by atoms with Crippen LogP contribution >= 0.6 is 11.8 Å². The lowest BCUT2D eigenvalue weighted by Crippen LogP contribution is -2.44. The summed E-state index contributed by atoms with van der Waals surface area (Å²) in [7, 11) is 0. The Bertz CT molecular complexity index is 169. The molecule has 0 aliphatic carbocycles. The Morgan fingerprint density at radius 1 is 1.36 bits per heavy atom. The molecule has 0 aromatic rings. The van der Waals surface area contributed by atoms with Gasteiger partial charge in [0.25, 0.3) is 0 Å². The molecule has 0 spiro atoms. The molecule has 2 aliphatic rings. The van der Waals surface area contributed by atoms with E-state index in [9.17, 15) is 0 Å². The van der Waals surface area contributed by atoms with Gasteiger partial charge in [-0.05, 0) is 38.8 Å². The highest BCUT2D eigenvalue weighted by atomic mass is 32.2. The van der Waals surface area contributed by atoms with Crippen LogP contribution in [-0.4, -0.2) is 48.6 Å². The molecule has 0 bridgehead atoms. The second-order valence-corrected chi connectivity index (χ2v) is 5.76. The van der Waals surface area contributed by atoms with E-state index in [-0.39, 0.29) is 0 Å². The standard InChI is InChI=1S/C11H22N2S/c1-10-9-14-7-6-13(10)8-11-2-4-12-5-3-11/h10-12H,2-9H2,1H3. The zero-order valence-corrected chi connectivity index (χ0v) is 9.98. The Morgan fingerprint density at radius 3 is 2.86 bits per heavy atom. The summed E-state index contributed by atoms with van der Waals surface area (Å²) in [5, 5.41) is 3.44. The van der Waals surface area contributed by atoms with E-state index in [2.05, 4.69) is 28.9 Å². The van der Waals surface area contributed by atoms with Crippen LogP contribution in [0.15, 0.2) is 0 Å². The summed E-state index contributed by atoms with van der Waals surface area (Å²) in [6, 6.07) is 0.809. The number of nitrogens with zero attached hydrogens (tertiary/aromatic N) is 1. The average molecular weight is 214 g/mol. The lowest BCUT2D eigenvalue weighted by Gasteiger charge is -2.36. The first kappa shape index (κ1) is 10.8. The highest BCUT2D eigenvalue weighted by molar-refractivity contribution is 7.99. The number of piperidine rings is 1. The van der Waals surface area contributed by atoms with E-state index in [1.807, 2.05) is 0 Å². The highest BCUT2D eigenvalue weighted by Crippen LogP contribution is 2.20. The van der Waals surface area contributed by atoms with Crippen LogP contribution in [0.3, 0.4) is 0 Å². The van der Waals surface area contributed by atoms with Crippen molar-refractivity contribution in [2.75, 3.05) is 37.7 Å². The predicted molar refractivity (Wildman–Crippen MR) is 64.0 cm³/mol. The number of hydrogen-bond donors (Lipinski definition) is 1. The van der Waals surface area contributed by atoms with Crippen LogP contribution in [0.5, 0.6) is 0 Å². The first-order chi connectivity index (χ1) is 6.86. The molecule has 1 atom stereocenters. The zero-order valence-electron chi connectivity index (χ0n) is 9.17. The molecular formula is C11H22N2S. The largest absolute Gasteiger partial charge is 0.317 e. The second-order valence-electron chi connectivity index (χ2n) is 4.61. The third-order valence-corrected chi connectivity index (χ3v) is 4.65. The van der Waals surface area contributed by atoms with Crippen molar-refractivity contribution >= 4 is 11.8 Å². The van der Waals surface area contributed by atoms with Crippen molar-refractivity contribution in [3.63, 3.8) is 0 Å². The Balaban J connectivity index is 1.76. The smallest absolute Gasteiger partial charge is 0.0158 e. The van der Waals surface area contributed by atoms with E-state index >= 15 is 0 Å². The van der Waals surface area contributed by atoms with Gasteiger partial charge in [-0.2, -0.15) is 11.8 Å². The molecule has 14 heavy (non-hydrogen) atoms. The van der Waals surface area contributed by atoms with Gasteiger partial charge in [-0.1, -0.05) is 0 Å². The normalized spacial score (nSPS) is 31.9. The van der Waals surface area contributed by atoms with Gasteiger partial charge in [-0.25, -0.2) is 0 Å². The maximum Gasteiger partial charge on any atom is 0.0158 e. The average Bonchev–Trinajstić information content (AvgIpc) is 2.23. The maximum absolute atomic E-state index is 3.44. The number of rotatable bonds is 2. The third kappa shape index (κ3) is 2.88. The molecule has 1 unspecified atom stereocenters. The van der Waals surface area contributed by atoms with Gasteiger partial charge < -0.3 is 5.32 Å². The molecule has 1 N–H and O–H groups in total. The van der Waals surface area contributed by atoms with Gasteiger partial charge >= 0.3 is 0 Å². The molecule has 82 valence electrons. The van der Waals surface area contributed by atoms with Gasteiger partial charge in [0.05, 0.1) is 0 Å². The third-order valence-electron chi connectivity index (χ3n) is 3.46. The van der Waals surface area contributed by atoms with Crippen molar-refractivity contribution in [3.05, 3.63) is 0 Å². The van der Waals surface area contributed by atoms with Gasteiger partial charge in [0.15, 0.2) is 0 Å². The Morgan fingerprint density at radius 2 is 2.14 bits per heavy atom. The fourth-order valence-electron chi connectivity index (χ4n) is 2.43. The van der Waals surface area contributed by atoms with Crippen molar-refractivity contribution in [2.24, 2.45) is 5.92 Å². The minimum Gasteiger partial charge on any atom is -0.317 e. The molecule has 2 fully saturated rings. The van der Waals surface area contributed by atoms with E-state index in [0.717, 1.165) is 12.0 Å². The van der Waals surface area contributed by atoms with E-state index < -0.39 is 0 Å². The molecule has 0 aromatic carbocycles. The first-order valence-electron chi connectivity index (χ1n) is 5.89. The topological polar surface area (TPSA) is 15.3 Å². The van der Waals surface area contributed by atoms with E-state index in [1.165, 1.54) is 50.5 Å². The summed E-state index contributed by atoms with van der Waals surface area (Å²) >= 11 is 2.11. The highest BCUT2D eigenvalue weighted by Gasteiger charge is 2.22. The first-order valence-corrected chi connectivity index (χ1v) is 7.04. The summed E-state index contributed by atoms with van der Waals surface area (Å²) in [6.07, 6.45) is 2.77. The summed E-state index contributed by atoms with van der Waals surface area (Å²) < 4.78 is 0. The number of nitrogens with one attached hydrogen (secondary N) is 1. The minimum atomic E-state index is 0.809. The van der Waals surface area contributed by atoms with Crippen LogP contribution in [-0.2, 0) is 0 Å². The van der Waals surface area contributed by atoms with Crippen LogP contribution in [0, 0.1) is 5.92 Å². The fourth-order valence-corrected chi connectivity index (χ4v) is 3.51. The summed E-state index contributed by atoms with van der Waals surface area (Å²) in [5.41, 5.74) is 0. The van der Waals surface area contributed by atoms with Gasteiger partial charge in [0.2, 0.25) is 0 Å². The molecule has 3 heteroatoms. The zero-order chi connectivity index (χ0) is 9.80. The monoisotopic (exact) mass is 214 g/mol. The van der Waals surface area contributed by atoms with Crippen molar-refractivity contribution in [3.8, 4) is 0 Å². The van der Waals surface area contributed by atoms with Crippen LogP contribution in [0.4, 0.5) is 0 Å². The lowest BCUT2D eigenvalue weighted by atomic mass is 9.97. The van der Waals surface area contributed by atoms with Crippen LogP contribution in [0.1, 0.15) is 19.8 Å². The van der Waals surface area contributed by atoms with Crippen molar-refractivity contribution < 1.29 is 0 Å². The number of thioether (sulfide) groups is 1. The van der Waals surface area contributed by atoms with Crippen LogP contribution in [0.25, 0.3) is 0 Å². The fraction of sp³-hybridized carbons (Fsp3) is 1.00. The molecule has 2 nitrogen and oxygen atoms in total. The molecule has 2 aliphatic heterocycles. The van der Waals surface area contributed by atoms with Crippen molar-refractivity contribution in [2.45, 2.75) is 25.8 Å². The lowest BCUT2D eigenvalue weighted by molar-refractivity contribution is 0.177. The molecule has 2 heterocycles. The molecule has 2 saturated heterocycles. The quantitative estimate of drug-likeness (QED) is 0.748. The van der Waals surface area contributed by atoms with Crippen LogP contribution in [0.2, 0.25) is 0 Å². The summed E-state index contributed by atoms with van der Waals surface area (Å²) in [6.45, 7) is 7.52. The maximum atomic E-state index is 3.44. The summed E-state index contributed by atoms with van der Waals surface area (Å²) in [5.74, 6) is 3.64. The molecule has 2 rings (SSSR count). The Kier molecular flexibility index (Phi) is 4.14.